The first-order valence-electron chi connectivity index (χ1n) is 31.6. The van der Waals surface area contributed by atoms with Gasteiger partial charge < -0.3 is 17.7 Å². The van der Waals surface area contributed by atoms with Crippen LogP contribution in [0.4, 0.5) is 11.4 Å². The van der Waals surface area contributed by atoms with E-state index in [2.05, 4.69) is 176 Å². The number of rotatable bonds is 4. The van der Waals surface area contributed by atoms with Crippen LogP contribution in [0.15, 0.2) is 212 Å². The van der Waals surface area contributed by atoms with Crippen LogP contribution in [0.25, 0.3) is 142 Å². The Hall–Kier alpha value is -12.5. The number of hydrogen-bond acceptors (Lipinski definition) is 6. The van der Waals surface area contributed by atoms with Crippen molar-refractivity contribution in [2.45, 2.75) is 55.4 Å². The van der Waals surface area contributed by atoms with Crippen LogP contribution in [-0.4, -0.2) is 0 Å². The van der Waals surface area contributed by atoms with Crippen molar-refractivity contribution in [2.75, 3.05) is 0 Å². The Morgan fingerprint density at radius 3 is 1.31 bits per heavy atom. The molecule has 0 fully saturated rings. The molecule has 0 saturated heterocycles. The molecule has 0 N–H and O–H groups in total. The minimum Gasteiger partial charge on any atom is -0.467 e. The van der Waals surface area contributed by atoms with E-state index in [4.69, 9.17) is 36.1 Å². The highest BCUT2D eigenvalue weighted by atomic mass is 16.3. The second-order valence-corrected chi connectivity index (χ2v) is 24.6. The maximum Gasteiger partial charge on any atom is 0.229 e. The molecule has 8 aromatic carbocycles. The number of fused-ring (bicyclic) bond motifs is 12. The van der Waals surface area contributed by atoms with Gasteiger partial charge in [0.2, 0.25) is 28.5 Å². The highest BCUT2D eigenvalue weighted by Gasteiger charge is 2.27. The molecule has 0 amide bonds. The average Bonchev–Trinajstić information content (AvgIpc) is 1.55. The zero-order valence-electron chi connectivity index (χ0n) is 55.7. The lowest BCUT2D eigenvalue weighted by Crippen LogP contribution is -2.30. The van der Waals surface area contributed by atoms with E-state index in [0.717, 1.165) is 133 Å². The molecular weight excluding hydrogens is 1180 g/mol. The van der Waals surface area contributed by atoms with Crippen LogP contribution >= 0.6 is 0 Å². The van der Waals surface area contributed by atoms with Gasteiger partial charge in [0, 0.05) is 108 Å². The number of aromatic nitrogens is 4. The summed E-state index contributed by atoms with van der Waals surface area (Å²) >= 11 is 0. The zero-order chi connectivity index (χ0) is 67.4. The Bertz CT molecular complexity index is 5990. The summed E-state index contributed by atoms with van der Waals surface area (Å²) in [6.07, 6.45) is 8.19. The summed E-state index contributed by atoms with van der Waals surface area (Å²) in [5.41, 5.74) is 27.3. The van der Waals surface area contributed by atoms with Gasteiger partial charge in [0.1, 0.15) is 73.3 Å². The second kappa shape index (κ2) is 25.2. The molecule has 0 unspecified atom stereocenters. The Morgan fingerprint density at radius 1 is 0.344 bits per heavy atom. The van der Waals surface area contributed by atoms with Crippen molar-refractivity contribution in [1.82, 2.24) is 0 Å². The fraction of sp³-hybridized carbons (Fsp3) is 0.143. The summed E-state index contributed by atoms with van der Waals surface area (Å²) < 4.78 is 32.9. The maximum absolute atomic E-state index is 9.67. The fourth-order valence-corrected chi connectivity index (χ4v) is 13.9. The van der Waals surface area contributed by atoms with Crippen molar-refractivity contribution in [3.05, 3.63) is 273 Å². The standard InChI is InChI=1S/4C21H17N2O/c1-13-12-16-15-8-7-9-17(22-3)21(15)24-20(16)14(2)19(13)18-10-5-6-11-23(18)4;1-13-11-17-16-9-8-15(22-3)12-19(16)24-21(17)14(2)20(13)18-7-5-6-10-23(18)4;1-13-14(2)19(17-9-6-7-11-23(17)3)20-15-8-4-5-10-18(15)24-21(20)16(13)12-22;1-13-10-17-16-11-15(12-22)7-8-19(16)24-21(17)14(2)20(13)18-6-4-5-9-23(18)3/h2*5-12H,1-2,4H3;2*4-11H,1-3H3/q4*+1. The van der Waals surface area contributed by atoms with Crippen LogP contribution in [0.2, 0.25) is 0 Å². The molecule has 8 heterocycles. The first-order valence-corrected chi connectivity index (χ1v) is 31.6. The lowest BCUT2D eigenvalue weighted by molar-refractivity contribution is -0.660. The van der Waals surface area contributed by atoms with Crippen molar-refractivity contribution in [1.29, 1.82) is 10.5 Å². The monoisotopic (exact) mass is 1250 g/mol. The van der Waals surface area contributed by atoms with E-state index in [0.29, 0.717) is 33.7 Å². The van der Waals surface area contributed by atoms with E-state index in [1.807, 2.05) is 130 Å². The van der Waals surface area contributed by atoms with E-state index in [9.17, 15) is 5.26 Å². The normalized spacial score (nSPS) is 11.1. The largest absolute Gasteiger partial charge is 0.467 e. The minimum atomic E-state index is 0.563. The zero-order valence-corrected chi connectivity index (χ0v) is 55.7. The van der Waals surface area contributed by atoms with Crippen LogP contribution in [0.3, 0.4) is 0 Å². The third-order valence-corrected chi connectivity index (χ3v) is 18.7. The van der Waals surface area contributed by atoms with Gasteiger partial charge >= 0.3 is 0 Å². The van der Waals surface area contributed by atoms with Crippen LogP contribution in [0.1, 0.15) is 55.6 Å². The van der Waals surface area contributed by atoms with Crippen LogP contribution in [0, 0.1) is 91.2 Å². The number of furan rings is 4. The third kappa shape index (κ3) is 10.7. The SMILES string of the molecule is Cc1c(C)c(-c2cccc[n+]2C)c2c(oc3ccccc32)c1C#N.Cc1cc2c(oc3ccc(C#N)cc32)c(C)c1-c1cccc[n+]1C.[C-]#[N+]c1ccc2c(c1)oc1c(C)c(-c3cccc[n+]3C)c(C)cc12.[C-]#[N+]c1cccc2c1oc1c(C)c(-c3cccc[n+]3C)c(C)cc12. The van der Waals surface area contributed by atoms with Gasteiger partial charge in [0.25, 0.3) is 0 Å². The quantitative estimate of drug-likeness (QED) is 0.128. The van der Waals surface area contributed by atoms with Gasteiger partial charge in [0.15, 0.2) is 36.1 Å². The van der Waals surface area contributed by atoms with Gasteiger partial charge in [-0.2, -0.15) is 10.5 Å². The molecule has 8 aromatic heterocycles. The molecule has 0 radical (unpaired) electrons. The van der Waals surface area contributed by atoms with Crippen molar-refractivity contribution in [2.24, 2.45) is 28.2 Å². The van der Waals surface area contributed by atoms with Crippen molar-refractivity contribution in [3.8, 4) is 57.2 Å². The fourth-order valence-electron chi connectivity index (χ4n) is 13.9. The molecule has 0 atom stereocenters. The molecule has 96 heavy (non-hydrogen) atoms. The van der Waals surface area contributed by atoms with Crippen molar-refractivity contribution >= 4 is 99.1 Å². The summed E-state index contributed by atoms with van der Waals surface area (Å²) in [7, 11) is 8.19. The van der Waals surface area contributed by atoms with Crippen molar-refractivity contribution < 1.29 is 35.9 Å². The molecule has 12 nitrogen and oxygen atoms in total. The average molecular weight is 1250 g/mol. The van der Waals surface area contributed by atoms with Gasteiger partial charge in [-0.05, 0) is 156 Å². The number of benzene rings is 8. The molecule has 464 valence electrons. The molecule has 16 rings (SSSR count). The predicted molar refractivity (Wildman–Crippen MR) is 381 cm³/mol. The molecule has 0 spiro atoms. The molecule has 0 aliphatic rings. The molecule has 16 aromatic rings. The van der Waals surface area contributed by atoms with E-state index >= 15 is 0 Å². The molecular formula is C84H68N8O4+4. The summed E-state index contributed by atoms with van der Waals surface area (Å²) in [6.45, 7) is 31.3. The number of nitriles is 2. The van der Waals surface area contributed by atoms with Gasteiger partial charge in [-0.1, -0.05) is 48.5 Å². The lowest BCUT2D eigenvalue weighted by atomic mass is 9.91. The predicted octanol–water partition coefficient (Wildman–Crippen LogP) is 19.6. The van der Waals surface area contributed by atoms with Crippen LogP contribution in [-0.2, 0) is 28.2 Å². The van der Waals surface area contributed by atoms with Gasteiger partial charge in [-0.25, -0.2) is 28.0 Å². The number of pyridine rings is 4. The molecule has 0 aliphatic heterocycles. The summed E-state index contributed by atoms with van der Waals surface area (Å²) in [5, 5.41) is 27.2. The first kappa shape index (κ1) is 62.3. The number of para-hydroxylation sites is 2. The van der Waals surface area contributed by atoms with E-state index in [1.54, 1.807) is 12.1 Å². The summed E-state index contributed by atoms with van der Waals surface area (Å²) in [6, 6.07) is 60.8. The summed E-state index contributed by atoms with van der Waals surface area (Å²) in [4.78, 5) is 7.09. The minimum absolute atomic E-state index is 0.563. The molecule has 12 heteroatoms. The third-order valence-electron chi connectivity index (χ3n) is 18.7. The van der Waals surface area contributed by atoms with Gasteiger partial charge in [-0.3, -0.25) is 0 Å². The van der Waals surface area contributed by atoms with E-state index in [-0.39, 0.29) is 0 Å². The van der Waals surface area contributed by atoms with E-state index in [1.165, 1.54) is 33.4 Å². The highest BCUT2D eigenvalue weighted by Crippen LogP contribution is 2.44. The number of nitrogens with zero attached hydrogens (tertiary/aromatic N) is 8. The Balaban J connectivity index is 0.000000116. The lowest BCUT2D eigenvalue weighted by Gasteiger charge is -2.11. The topological polar surface area (TPSA) is 124 Å². The second-order valence-electron chi connectivity index (χ2n) is 24.6. The van der Waals surface area contributed by atoms with Gasteiger partial charge in [0.05, 0.1) is 52.6 Å². The first-order chi connectivity index (χ1) is 46.4. The van der Waals surface area contributed by atoms with Gasteiger partial charge in [-0.15, -0.1) is 0 Å². The number of aryl methyl sites for hydroxylation is 10. The van der Waals surface area contributed by atoms with Crippen LogP contribution in [0.5, 0.6) is 0 Å². The Labute approximate surface area is 556 Å². The van der Waals surface area contributed by atoms with Crippen LogP contribution < -0.4 is 18.3 Å². The van der Waals surface area contributed by atoms with E-state index < -0.39 is 0 Å². The summed E-state index contributed by atoms with van der Waals surface area (Å²) in [5.74, 6) is 0. The Kier molecular flexibility index (Phi) is 16.4. The molecule has 0 aliphatic carbocycles. The Morgan fingerprint density at radius 2 is 0.802 bits per heavy atom. The molecule has 0 saturated carbocycles. The maximum atomic E-state index is 9.67. The smallest absolute Gasteiger partial charge is 0.229 e. The van der Waals surface area contributed by atoms with Crippen molar-refractivity contribution in [3.63, 3.8) is 0 Å². The highest BCUT2D eigenvalue weighted by molar-refractivity contribution is 6.15. The number of hydrogen-bond donors (Lipinski definition) is 0. The molecule has 0 bridgehead atoms.